The molecule has 8 nitrogen and oxygen atoms in total. The van der Waals surface area contributed by atoms with Crippen LogP contribution in [0.2, 0.25) is 0 Å². The Balaban J connectivity index is 2.19. The fraction of sp³-hybridized carbons (Fsp3) is 0.360. The van der Waals surface area contributed by atoms with Gasteiger partial charge in [0.15, 0.2) is 11.9 Å². The minimum Gasteiger partial charge on any atom is -0.479 e. The van der Waals surface area contributed by atoms with Gasteiger partial charge in [0.2, 0.25) is 6.04 Å². The third-order valence-corrected chi connectivity index (χ3v) is 4.55. The molecule has 0 spiro atoms. The number of carbonyl (C=O) groups is 4. The Morgan fingerprint density at radius 1 is 0.970 bits per heavy atom. The van der Waals surface area contributed by atoms with Crippen molar-refractivity contribution in [3.8, 4) is 0 Å². The first-order chi connectivity index (χ1) is 15.5. The van der Waals surface area contributed by atoms with Gasteiger partial charge in [-0.3, -0.25) is 10.1 Å². The Morgan fingerprint density at radius 3 is 2.12 bits per heavy atom. The lowest BCUT2D eigenvalue weighted by molar-refractivity contribution is -0.163. The highest BCUT2D eigenvalue weighted by Gasteiger charge is 2.35. The second-order valence-corrected chi connectivity index (χ2v) is 8.60. The van der Waals surface area contributed by atoms with Gasteiger partial charge in [-0.1, -0.05) is 60.2 Å². The Morgan fingerprint density at radius 2 is 1.58 bits per heavy atom. The number of hydrogen-bond donors (Lipinski definition) is 2. The standard InChI is InChI=1S/C25H29NO7/c1-16-10-13-18(14-11-16)21(19(27)15-12-17-8-6-5-7-9-17)32-23(30)20(22(28)29)26-24(31)33-25(2,3)4/h5-11,13-14,20-21H,12,15H2,1-4H3,(H,26,31)(H,28,29). The number of hydrogen-bond acceptors (Lipinski definition) is 6. The molecule has 0 saturated heterocycles. The fourth-order valence-electron chi connectivity index (χ4n) is 2.94. The highest BCUT2D eigenvalue weighted by Crippen LogP contribution is 2.23. The molecule has 2 unspecified atom stereocenters. The predicted molar refractivity (Wildman–Crippen MR) is 121 cm³/mol. The van der Waals surface area contributed by atoms with E-state index in [9.17, 15) is 24.3 Å². The minimum atomic E-state index is -2.03. The van der Waals surface area contributed by atoms with Crippen molar-refractivity contribution in [3.63, 3.8) is 0 Å². The maximum Gasteiger partial charge on any atom is 0.408 e. The summed E-state index contributed by atoms with van der Waals surface area (Å²) in [4.78, 5) is 49.3. The largest absolute Gasteiger partial charge is 0.479 e. The van der Waals surface area contributed by atoms with Gasteiger partial charge >= 0.3 is 18.0 Å². The molecule has 0 aliphatic carbocycles. The number of carboxylic acid groups (broad SMARTS) is 1. The lowest BCUT2D eigenvalue weighted by Gasteiger charge is -2.23. The lowest BCUT2D eigenvalue weighted by atomic mass is 9.99. The number of ketones is 1. The number of aryl methyl sites for hydroxylation is 2. The zero-order valence-electron chi connectivity index (χ0n) is 19.2. The minimum absolute atomic E-state index is 0.0765. The van der Waals surface area contributed by atoms with Crippen molar-refractivity contribution in [1.29, 1.82) is 0 Å². The summed E-state index contributed by atoms with van der Waals surface area (Å²) in [5, 5.41) is 11.4. The predicted octanol–water partition coefficient (Wildman–Crippen LogP) is 3.76. The normalized spacial score (nSPS) is 12.8. The van der Waals surface area contributed by atoms with Crippen molar-refractivity contribution in [3.05, 3.63) is 71.3 Å². The number of Topliss-reactive ketones (excluding diaryl/α,β-unsaturated/α-hetero) is 1. The van der Waals surface area contributed by atoms with Gasteiger partial charge in [-0.05, 0) is 45.2 Å². The van der Waals surface area contributed by atoms with Crippen LogP contribution in [0, 0.1) is 6.92 Å². The zero-order valence-corrected chi connectivity index (χ0v) is 19.2. The molecule has 0 aliphatic rings. The molecular formula is C25H29NO7. The molecule has 2 aromatic carbocycles. The first-order valence-electron chi connectivity index (χ1n) is 10.5. The topological polar surface area (TPSA) is 119 Å². The molecule has 2 atom stereocenters. The monoisotopic (exact) mass is 455 g/mol. The van der Waals surface area contributed by atoms with Crippen molar-refractivity contribution in [2.45, 2.75) is 58.3 Å². The van der Waals surface area contributed by atoms with Crippen LogP contribution in [0.3, 0.4) is 0 Å². The number of nitrogens with one attached hydrogen (secondary N) is 1. The summed E-state index contributed by atoms with van der Waals surface area (Å²) in [7, 11) is 0. The molecule has 0 saturated carbocycles. The van der Waals surface area contributed by atoms with Crippen LogP contribution in [-0.4, -0.2) is 40.6 Å². The fourth-order valence-corrected chi connectivity index (χ4v) is 2.94. The Labute approximate surface area is 192 Å². The van der Waals surface area contributed by atoms with Crippen LogP contribution in [0.5, 0.6) is 0 Å². The quantitative estimate of drug-likeness (QED) is 0.436. The van der Waals surface area contributed by atoms with Crippen LogP contribution in [0.25, 0.3) is 0 Å². The molecular weight excluding hydrogens is 426 g/mol. The average Bonchev–Trinajstić information content (AvgIpc) is 2.74. The van der Waals surface area contributed by atoms with E-state index in [-0.39, 0.29) is 6.42 Å². The number of alkyl carbamates (subject to hydrolysis) is 1. The van der Waals surface area contributed by atoms with E-state index in [1.165, 1.54) is 0 Å². The number of carboxylic acids is 1. The van der Waals surface area contributed by atoms with Gasteiger partial charge in [0.1, 0.15) is 5.60 Å². The van der Waals surface area contributed by atoms with E-state index in [1.807, 2.05) is 42.6 Å². The molecule has 176 valence electrons. The van der Waals surface area contributed by atoms with Crippen molar-refractivity contribution in [2.75, 3.05) is 0 Å². The van der Waals surface area contributed by atoms with Crippen LogP contribution in [-0.2, 0) is 30.3 Å². The summed E-state index contributed by atoms with van der Waals surface area (Å²) in [5.74, 6) is -3.30. The van der Waals surface area contributed by atoms with E-state index in [0.29, 0.717) is 12.0 Å². The summed E-state index contributed by atoms with van der Waals surface area (Å²) in [5.41, 5.74) is 1.40. The van der Waals surface area contributed by atoms with E-state index in [2.05, 4.69) is 0 Å². The van der Waals surface area contributed by atoms with Crippen LogP contribution >= 0.6 is 0 Å². The third kappa shape index (κ3) is 8.40. The summed E-state index contributed by atoms with van der Waals surface area (Å²) >= 11 is 0. The molecule has 0 fully saturated rings. The first kappa shape index (κ1) is 25.6. The van der Waals surface area contributed by atoms with Gasteiger partial charge in [-0.25, -0.2) is 14.4 Å². The summed E-state index contributed by atoms with van der Waals surface area (Å²) < 4.78 is 10.4. The van der Waals surface area contributed by atoms with Crippen molar-refractivity contribution in [1.82, 2.24) is 5.32 Å². The van der Waals surface area contributed by atoms with Gasteiger partial charge in [-0.2, -0.15) is 0 Å². The number of carbonyl (C=O) groups excluding carboxylic acids is 3. The number of rotatable bonds is 9. The van der Waals surface area contributed by atoms with E-state index < -0.39 is 41.6 Å². The molecule has 0 heterocycles. The second-order valence-electron chi connectivity index (χ2n) is 8.60. The highest BCUT2D eigenvalue weighted by molar-refractivity contribution is 6.02. The third-order valence-electron chi connectivity index (χ3n) is 4.55. The Kier molecular flexibility index (Phi) is 8.73. The molecule has 1 amide bonds. The highest BCUT2D eigenvalue weighted by atomic mass is 16.6. The molecule has 2 aromatic rings. The lowest BCUT2D eigenvalue weighted by Crippen LogP contribution is -2.49. The first-order valence-corrected chi connectivity index (χ1v) is 10.5. The molecule has 33 heavy (non-hydrogen) atoms. The number of amides is 1. The average molecular weight is 456 g/mol. The molecule has 0 bridgehead atoms. The van der Waals surface area contributed by atoms with Gasteiger partial charge < -0.3 is 14.6 Å². The van der Waals surface area contributed by atoms with Crippen molar-refractivity contribution < 1.29 is 33.8 Å². The SMILES string of the molecule is Cc1ccc(C(OC(=O)C(NC(=O)OC(C)(C)C)C(=O)O)C(=O)CCc2ccccc2)cc1. The van der Waals surface area contributed by atoms with Crippen LogP contribution < -0.4 is 5.32 Å². The van der Waals surface area contributed by atoms with Crippen LogP contribution in [0.15, 0.2) is 54.6 Å². The maximum atomic E-state index is 13.0. The Bertz CT molecular complexity index is 978. The maximum absolute atomic E-state index is 13.0. The number of benzene rings is 2. The smallest absolute Gasteiger partial charge is 0.408 e. The Hall–Kier alpha value is -3.68. The zero-order chi connectivity index (χ0) is 24.6. The van der Waals surface area contributed by atoms with E-state index in [0.717, 1.165) is 11.1 Å². The van der Waals surface area contributed by atoms with Crippen LogP contribution in [0.4, 0.5) is 4.79 Å². The van der Waals surface area contributed by atoms with E-state index in [4.69, 9.17) is 9.47 Å². The van der Waals surface area contributed by atoms with Crippen molar-refractivity contribution in [2.24, 2.45) is 0 Å². The van der Waals surface area contributed by atoms with Gasteiger partial charge in [0, 0.05) is 6.42 Å². The summed E-state index contributed by atoms with van der Waals surface area (Å²) in [6, 6.07) is 14.1. The summed E-state index contributed by atoms with van der Waals surface area (Å²) in [6.45, 7) is 6.66. The van der Waals surface area contributed by atoms with Crippen molar-refractivity contribution >= 4 is 23.8 Å². The van der Waals surface area contributed by atoms with Gasteiger partial charge in [-0.15, -0.1) is 0 Å². The van der Waals surface area contributed by atoms with E-state index in [1.54, 1.807) is 45.0 Å². The molecule has 8 heteroatoms. The molecule has 2 rings (SSSR count). The molecule has 2 N–H and O–H groups in total. The molecule has 0 aliphatic heterocycles. The molecule has 0 radical (unpaired) electrons. The summed E-state index contributed by atoms with van der Waals surface area (Å²) in [6.07, 6.45) is -1.90. The number of aliphatic carboxylic acids is 1. The van der Waals surface area contributed by atoms with Crippen LogP contribution in [0.1, 0.15) is 50.0 Å². The number of esters is 1. The van der Waals surface area contributed by atoms with E-state index >= 15 is 0 Å². The molecule has 0 aromatic heterocycles. The van der Waals surface area contributed by atoms with Gasteiger partial charge in [0.05, 0.1) is 0 Å². The number of ether oxygens (including phenoxy) is 2. The second kappa shape index (κ2) is 11.3. The van der Waals surface area contributed by atoms with Gasteiger partial charge in [0.25, 0.3) is 0 Å².